The highest BCUT2D eigenvalue weighted by Crippen LogP contribution is 2.15. The fourth-order valence-corrected chi connectivity index (χ4v) is 1.85. The van der Waals surface area contributed by atoms with E-state index in [1.807, 2.05) is 0 Å². The standard InChI is InChI=1S/C10H16N4O3S/c1-6-13-14-9(18-6)11-8(17)12-10(2,3)5-4-7(15)16/h4-5H2,1-3H3,(H,15,16)(H2,11,12,14,17). The van der Waals surface area contributed by atoms with E-state index in [1.165, 1.54) is 11.3 Å². The van der Waals surface area contributed by atoms with Gasteiger partial charge in [-0.2, -0.15) is 0 Å². The first-order chi connectivity index (χ1) is 8.28. The summed E-state index contributed by atoms with van der Waals surface area (Å²) in [5, 5.41) is 22.6. The normalized spacial score (nSPS) is 11.1. The molecule has 1 aromatic heterocycles. The van der Waals surface area contributed by atoms with Crippen LogP contribution >= 0.6 is 11.3 Å². The Morgan fingerprint density at radius 1 is 1.39 bits per heavy atom. The molecule has 0 atom stereocenters. The van der Waals surface area contributed by atoms with E-state index >= 15 is 0 Å². The molecule has 7 nitrogen and oxygen atoms in total. The zero-order valence-corrected chi connectivity index (χ0v) is 11.3. The van der Waals surface area contributed by atoms with E-state index in [4.69, 9.17) is 5.11 Å². The molecule has 0 unspecified atom stereocenters. The number of nitrogens with one attached hydrogen (secondary N) is 2. The molecule has 0 aliphatic heterocycles. The minimum absolute atomic E-state index is 0.00515. The maximum Gasteiger partial charge on any atom is 0.321 e. The quantitative estimate of drug-likeness (QED) is 0.755. The van der Waals surface area contributed by atoms with Crippen LogP contribution in [0.4, 0.5) is 9.93 Å². The molecule has 100 valence electrons. The zero-order valence-electron chi connectivity index (χ0n) is 10.5. The fraction of sp³-hybridized carbons (Fsp3) is 0.600. The highest BCUT2D eigenvalue weighted by molar-refractivity contribution is 7.15. The number of anilines is 1. The lowest BCUT2D eigenvalue weighted by molar-refractivity contribution is -0.137. The summed E-state index contributed by atoms with van der Waals surface area (Å²) in [5.74, 6) is -0.884. The summed E-state index contributed by atoms with van der Waals surface area (Å²) < 4.78 is 0. The van der Waals surface area contributed by atoms with Crippen molar-refractivity contribution >= 4 is 28.5 Å². The fourth-order valence-electron chi connectivity index (χ4n) is 1.26. The number of hydrogen-bond acceptors (Lipinski definition) is 5. The Bertz CT molecular complexity index is 444. The van der Waals surface area contributed by atoms with Crippen molar-refractivity contribution < 1.29 is 14.7 Å². The molecule has 18 heavy (non-hydrogen) atoms. The van der Waals surface area contributed by atoms with Crippen LogP contribution in [0.1, 0.15) is 31.7 Å². The molecule has 0 fully saturated rings. The van der Waals surface area contributed by atoms with Crippen molar-refractivity contribution in [2.45, 2.75) is 39.2 Å². The number of aliphatic carboxylic acids is 1. The van der Waals surface area contributed by atoms with Gasteiger partial charge in [0, 0.05) is 12.0 Å². The Balaban J connectivity index is 2.45. The van der Waals surface area contributed by atoms with Gasteiger partial charge in [-0.05, 0) is 27.2 Å². The Labute approximate surface area is 109 Å². The van der Waals surface area contributed by atoms with Crippen LogP contribution in [0.2, 0.25) is 0 Å². The van der Waals surface area contributed by atoms with Crippen molar-refractivity contribution in [1.82, 2.24) is 15.5 Å². The highest BCUT2D eigenvalue weighted by atomic mass is 32.1. The molecule has 1 heterocycles. The molecule has 1 rings (SSSR count). The van der Waals surface area contributed by atoms with E-state index in [1.54, 1.807) is 20.8 Å². The van der Waals surface area contributed by atoms with E-state index in [0.717, 1.165) is 5.01 Å². The van der Waals surface area contributed by atoms with Crippen LogP contribution in [0.25, 0.3) is 0 Å². The molecule has 0 aliphatic carbocycles. The monoisotopic (exact) mass is 272 g/mol. The van der Waals surface area contributed by atoms with Gasteiger partial charge < -0.3 is 10.4 Å². The number of carbonyl (C=O) groups is 2. The first-order valence-corrected chi connectivity index (χ1v) is 6.21. The molecular formula is C10H16N4O3S. The maximum absolute atomic E-state index is 11.7. The largest absolute Gasteiger partial charge is 0.481 e. The molecule has 0 saturated carbocycles. The number of carboxylic acids is 1. The van der Waals surface area contributed by atoms with Gasteiger partial charge in [0.15, 0.2) is 0 Å². The lowest BCUT2D eigenvalue weighted by atomic mass is 9.99. The third-order valence-corrected chi connectivity index (χ3v) is 2.92. The van der Waals surface area contributed by atoms with Crippen molar-refractivity contribution in [3.8, 4) is 0 Å². The van der Waals surface area contributed by atoms with Crippen LogP contribution in [0.15, 0.2) is 0 Å². The lowest BCUT2D eigenvalue weighted by Crippen LogP contribution is -2.45. The number of amides is 2. The van der Waals surface area contributed by atoms with E-state index in [9.17, 15) is 9.59 Å². The average molecular weight is 272 g/mol. The number of aryl methyl sites for hydroxylation is 1. The SMILES string of the molecule is Cc1nnc(NC(=O)NC(C)(C)CCC(=O)O)s1. The Hall–Kier alpha value is -1.70. The summed E-state index contributed by atoms with van der Waals surface area (Å²) in [5.41, 5.74) is -0.595. The van der Waals surface area contributed by atoms with Crippen LogP contribution in [-0.2, 0) is 4.79 Å². The Morgan fingerprint density at radius 2 is 2.06 bits per heavy atom. The summed E-state index contributed by atoms with van der Waals surface area (Å²) in [6.07, 6.45) is 0.357. The second-order valence-electron chi connectivity index (χ2n) is 4.48. The zero-order chi connectivity index (χ0) is 13.8. The van der Waals surface area contributed by atoms with Gasteiger partial charge in [-0.25, -0.2) is 4.79 Å². The van der Waals surface area contributed by atoms with Crippen LogP contribution in [0.3, 0.4) is 0 Å². The molecule has 0 bridgehead atoms. The predicted octanol–water partition coefficient (Wildman–Crippen LogP) is 1.61. The van der Waals surface area contributed by atoms with E-state index in [2.05, 4.69) is 20.8 Å². The van der Waals surface area contributed by atoms with Crippen LogP contribution < -0.4 is 10.6 Å². The van der Waals surface area contributed by atoms with E-state index in [-0.39, 0.29) is 6.42 Å². The predicted molar refractivity (Wildman–Crippen MR) is 67.7 cm³/mol. The molecule has 0 aromatic carbocycles. The van der Waals surface area contributed by atoms with E-state index in [0.29, 0.717) is 11.6 Å². The summed E-state index contributed by atoms with van der Waals surface area (Å²) in [6.45, 7) is 5.32. The second kappa shape index (κ2) is 5.76. The van der Waals surface area contributed by atoms with Crippen LogP contribution in [-0.4, -0.2) is 32.8 Å². The molecule has 3 N–H and O–H groups in total. The van der Waals surface area contributed by atoms with Crippen molar-refractivity contribution in [2.75, 3.05) is 5.32 Å². The highest BCUT2D eigenvalue weighted by Gasteiger charge is 2.21. The lowest BCUT2D eigenvalue weighted by Gasteiger charge is -2.25. The van der Waals surface area contributed by atoms with Crippen LogP contribution in [0, 0.1) is 6.92 Å². The van der Waals surface area contributed by atoms with Gasteiger partial charge >= 0.3 is 12.0 Å². The minimum atomic E-state index is -0.884. The van der Waals surface area contributed by atoms with Crippen molar-refractivity contribution in [1.29, 1.82) is 0 Å². The maximum atomic E-state index is 11.7. The molecule has 0 saturated heterocycles. The number of hydrogen-bond donors (Lipinski definition) is 3. The molecule has 8 heteroatoms. The smallest absolute Gasteiger partial charge is 0.321 e. The van der Waals surface area contributed by atoms with Crippen molar-refractivity contribution in [2.24, 2.45) is 0 Å². The van der Waals surface area contributed by atoms with Gasteiger partial charge in [0.25, 0.3) is 0 Å². The van der Waals surface area contributed by atoms with Crippen molar-refractivity contribution in [3.05, 3.63) is 5.01 Å². The van der Waals surface area contributed by atoms with Gasteiger partial charge in [0.1, 0.15) is 5.01 Å². The van der Waals surface area contributed by atoms with Gasteiger partial charge in [-0.15, -0.1) is 10.2 Å². The van der Waals surface area contributed by atoms with Crippen LogP contribution in [0.5, 0.6) is 0 Å². The van der Waals surface area contributed by atoms with Gasteiger partial charge in [-0.1, -0.05) is 11.3 Å². The third kappa shape index (κ3) is 5.09. The molecule has 2 amide bonds. The molecule has 0 radical (unpaired) electrons. The number of rotatable bonds is 5. The first kappa shape index (κ1) is 14.4. The minimum Gasteiger partial charge on any atom is -0.481 e. The topological polar surface area (TPSA) is 104 Å². The number of carboxylic acid groups (broad SMARTS) is 1. The van der Waals surface area contributed by atoms with Gasteiger partial charge in [0.05, 0.1) is 0 Å². The molecule has 0 aliphatic rings. The summed E-state index contributed by atoms with van der Waals surface area (Å²) in [6, 6.07) is -0.415. The molecule has 1 aromatic rings. The Kier molecular flexibility index (Phi) is 4.60. The van der Waals surface area contributed by atoms with Crippen molar-refractivity contribution in [3.63, 3.8) is 0 Å². The number of aromatic nitrogens is 2. The molecular weight excluding hydrogens is 256 g/mol. The first-order valence-electron chi connectivity index (χ1n) is 5.39. The second-order valence-corrected chi connectivity index (χ2v) is 5.66. The number of nitrogens with zero attached hydrogens (tertiary/aromatic N) is 2. The Morgan fingerprint density at radius 3 is 2.56 bits per heavy atom. The van der Waals surface area contributed by atoms with E-state index < -0.39 is 17.5 Å². The average Bonchev–Trinajstić information content (AvgIpc) is 2.60. The summed E-state index contributed by atoms with van der Waals surface area (Å²) >= 11 is 1.27. The van der Waals surface area contributed by atoms with Gasteiger partial charge in [-0.3, -0.25) is 10.1 Å². The summed E-state index contributed by atoms with van der Waals surface area (Å²) in [7, 11) is 0. The molecule has 0 spiro atoms. The van der Waals surface area contributed by atoms with Gasteiger partial charge in [0.2, 0.25) is 5.13 Å². The summed E-state index contributed by atoms with van der Waals surface area (Å²) in [4.78, 5) is 22.1. The third-order valence-electron chi connectivity index (χ3n) is 2.16. The number of urea groups is 1. The number of carbonyl (C=O) groups excluding carboxylic acids is 1.